The van der Waals surface area contributed by atoms with Crippen molar-refractivity contribution in [1.29, 1.82) is 0 Å². The van der Waals surface area contributed by atoms with E-state index >= 15 is 0 Å². The summed E-state index contributed by atoms with van der Waals surface area (Å²) in [6.45, 7) is 5.13. The molecule has 0 bridgehead atoms. The predicted molar refractivity (Wildman–Crippen MR) is 105 cm³/mol. The second-order valence-electron chi connectivity index (χ2n) is 7.15. The molecule has 2 N–H and O–H groups in total. The molecule has 1 fully saturated rings. The number of likely N-dealkylation sites (N-methyl/N-ethyl adjacent to an activating group) is 1. The van der Waals surface area contributed by atoms with E-state index in [1.54, 1.807) is 0 Å². The summed E-state index contributed by atoms with van der Waals surface area (Å²) in [5.74, 6) is 1.41. The minimum atomic E-state index is 0.522. The van der Waals surface area contributed by atoms with E-state index in [-0.39, 0.29) is 0 Å². The van der Waals surface area contributed by atoms with Gasteiger partial charge in [-0.1, -0.05) is 24.3 Å². The zero-order valence-corrected chi connectivity index (χ0v) is 15.4. The number of hydrogen-bond donors (Lipinski definition) is 2. The normalized spacial score (nSPS) is 17.5. The summed E-state index contributed by atoms with van der Waals surface area (Å²) < 4.78 is 0. The Morgan fingerprint density at radius 2 is 2.15 bits per heavy atom. The molecule has 1 aliphatic rings. The van der Waals surface area contributed by atoms with Crippen LogP contribution in [-0.2, 0) is 6.54 Å². The maximum Gasteiger partial charge on any atom is 0.126 e. The Balaban J connectivity index is 1.53. The number of nitrogens with zero attached hydrogens (tertiary/aromatic N) is 3. The quantitative estimate of drug-likeness (QED) is 0.737. The molecule has 5 heteroatoms. The first kappa shape index (κ1) is 16.8. The number of aromatic amines is 1. The maximum absolute atomic E-state index is 4.48. The lowest BCUT2D eigenvalue weighted by Gasteiger charge is -2.12. The second-order valence-corrected chi connectivity index (χ2v) is 7.15. The largest absolute Gasteiger partial charge is 0.366 e. The summed E-state index contributed by atoms with van der Waals surface area (Å²) in [7, 11) is 2.18. The van der Waals surface area contributed by atoms with Crippen LogP contribution in [0.3, 0.4) is 0 Å². The first-order valence-electron chi connectivity index (χ1n) is 9.17. The standard InChI is InChI=1S/C21H25N5/c1-15-5-3-4-6-17(15)12-23-20-11-16(7-9-22-20)19-13-24-25-21(19)18-8-10-26(2)14-18/h3-7,9,11,13,18H,8,10,12,14H2,1-2H3,(H,22,23)(H,24,25)/t18-/m1/s1. The topological polar surface area (TPSA) is 56.8 Å². The number of aryl methyl sites for hydroxylation is 1. The van der Waals surface area contributed by atoms with Crippen LogP contribution in [0.2, 0.25) is 0 Å². The maximum atomic E-state index is 4.48. The molecule has 1 aliphatic heterocycles. The van der Waals surface area contributed by atoms with Gasteiger partial charge in [0.1, 0.15) is 5.82 Å². The lowest BCUT2D eigenvalue weighted by molar-refractivity contribution is 0.411. The van der Waals surface area contributed by atoms with Crippen LogP contribution in [0.5, 0.6) is 0 Å². The van der Waals surface area contributed by atoms with Gasteiger partial charge in [-0.3, -0.25) is 5.10 Å². The molecule has 0 saturated carbocycles. The van der Waals surface area contributed by atoms with Crippen LogP contribution in [0.1, 0.15) is 29.2 Å². The molecule has 1 aromatic carbocycles. The summed E-state index contributed by atoms with van der Waals surface area (Å²) in [6, 6.07) is 12.6. The van der Waals surface area contributed by atoms with Crippen molar-refractivity contribution >= 4 is 5.82 Å². The molecule has 0 aliphatic carbocycles. The molecule has 3 aromatic rings. The van der Waals surface area contributed by atoms with Crippen molar-refractivity contribution in [2.45, 2.75) is 25.8 Å². The molecule has 2 aromatic heterocycles. The van der Waals surface area contributed by atoms with Crippen LogP contribution in [0, 0.1) is 6.92 Å². The van der Waals surface area contributed by atoms with Crippen molar-refractivity contribution in [3.8, 4) is 11.1 Å². The van der Waals surface area contributed by atoms with Gasteiger partial charge in [-0.15, -0.1) is 0 Å². The summed E-state index contributed by atoms with van der Waals surface area (Å²) >= 11 is 0. The average Bonchev–Trinajstić information content (AvgIpc) is 3.30. The highest BCUT2D eigenvalue weighted by atomic mass is 15.1. The molecular weight excluding hydrogens is 322 g/mol. The van der Waals surface area contributed by atoms with Crippen molar-refractivity contribution in [2.75, 3.05) is 25.5 Å². The summed E-state index contributed by atoms with van der Waals surface area (Å²) in [5.41, 5.74) is 6.17. The molecular formula is C21H25N5. The fraction of sp³-hybridized carbons (Fsp3) is 0.333. The molecule has 0 spiro atoms. The Labute approximate surface area is 154 Å². The van der Waals surface area contributed by atoms with E-state index in [1.165, 1.54) is 28.8 Å². The lowest BCUT2D eigenvalue weighted by atomic mass is 9.97. The smallest absolute Gasteiger partial charge is 0.126 e. The zero-order valence-electron chi connectivity index (χ0n) is 15.4. The van der Waals surface area contributed by atoms with Crippen LogP contribution in [0.15, 0.2) is 48.8 Å². The monoisotopic (exact) mass is 347 g/mol. The zero-order chi connectivity index (χ0) is 17.9. The number of benzene rings is 1. The molecule has 4 rings (SSSR count). The number of nitrogens with one attached hydrogen (secondary N) is 2. The van der Waals surface area contributed by atoms with E-state index < -0.39 is 0 Å². The van der Waals surface area contributed by atoms with Crippen LogP contribution in [-0.4, -0.2) is 40.2 Å². The van der Waals surface area contributed by atoms with Crippen molar-refractivity contribution in [3.05, 3.63) is 65.6 Å². The van der Waals surface area contributed by atoms with E-state index in [0.29, 0.717) is 5.92 Å². The van der Waals surface area contributed by atoms with Crippen molar-refractivity contribution in [2.24, 2.45) is 0 Å². The Morgan fingerprint density at radius 1 is 1.27 bits per heavy atom. The fourth-order valence-corrected chi connectivity index (χ4v) is 3.70. The number of aromatic nitrogens is 3. The number of anilines is 1. The molecule has 134 valence electrons. The van der Waals surface area contributed by atoms with Gasteiger partial charge in [-0.05, 0) is 55.8 Å². The van der Waals surface area contributed by atoms with Gasteiger partial charge >= 0.3 is 0 Å². The molecule has 3 heterocycles. The van der Waals surface area contributed by atoms with Crippen molar-refractivity contribution < 1.29 is 0 Å². The summed E-state index contributed by atoms with van der Waals surface area (Å²) in [6.07, 6.45) is 4.98. The average molecular weight is 347 g/mol. The van der Waals surface area contributed by atoms with Crippen molar-refractivity contribution in [3.63, 3.8) is 0 Å². The Hall–Kier alpha value is -2.66. The first-order chi connectivity index (χ1) is 12.7. The molecule has 0 radical (unpaired) electrons. The molecule has 0 unspecified atom stereocenters. The van der Waals surface area contributed by atoms with Crippen LogP contribution >= 0.6 is 0 Å². The van der Waals surface area contributed by atoms with E-state index in [1.807, 2.05) is 12.4 Å². The van der Waals surface area contributed by atoms with E-state index in [2.05, 4.69) is 75.8 Å². The highest BCUT2D eigenvalue weighted by Crippen LogP contribution is 2.33. The third-order valence-electron chi connectivity index (χ3n) is 5.26. The Kier molecular flexibility index (Phi) is 4.71. The fourth-order valence-electron chi connectivity index (χ4n) is 3.70. The van der Waals surface area contributed by atoms with Crippen molar-refractivity contribution in [1.82, 2.24) is 20.1 Å². The number of likely N-dealkylation sites (tertiary alicyclic amines) is 1. The third kappa shape index (κ3) is 3.48. The van der Waals surface area contributed by atoms with E-state index in [4.69, 9.17) is 0 Å². The number of pyridine rings is 1. The predicted octanol–water partition coefficient (Wildman–Crippen LogP) is 3.81. The van der Waals surface area contributed by atoms with E-state index in [0.717, 1.165) is 31.0 Å². The number of rotatable bonds is 5. The van der Waals surface area contributed by atoms with Gasteiger partial charge in [0.05, 0.1) is 6.20 Å². The third-order valence-corrected chi connectivity index (χ3v) is 5.26. The number of H-pyrrole nitrogens is 1. The van der Waals surface area contributed by atoms with Gasteiger partial charge in [0.15, 0.2) is 0 Å². The number of hydrogen-bond acceptors (Lipinski definition) is 4. The molecule has 1 atom stereocenters. The van der Waals surface area contributed by atoms with Gasteiger partial charge in [0, 0.05) is 36.5 Å². The van der Waals surface area contributed by atoms with Gasteiger partial charge in [-0.2, -0.15) is 5.10 Å². The van der Waals surface area contributed by atoms with E-state index in [9.17, 15) is 0 Å². The molecule has 5 nitrogen and oxygen atoms in total. The first-order valence-corrected chi connectivity index (χ1v) is 9.17. The van der Waals surface area contributed by atoms with Crippen LogP contribution in [0.25, 0.3) is 11.1 Å². The van der Waals surface area contributed by atoms with Gasteiger partial charge < -0.3 is 10.2 Å². The van der Waals surface area contributed by atoms with Gasteiger partial charge in [0.2, 0.25) is 0 Å². The van der Waals surface area contributed by atoms with Crippen LogP contribution in [0.4, 0.5) is 5.82 Å². The molecule has 26 heavy (non-hydrogen) atoms. The minimum Gasteiger partial charge on any atom is -0.366 e. The lowest BCUT2D eigenvalue weighted by Crippen LogP contribution is -2.13. The summed E-state index contributed by atoms with van der Waals surface area (Å²) in [5, 5.41) is 11.0. The molecule has 1 saturated heterocycles. The minimum absolute atomic E-state index is 0.522. The Morgan fingerprint density at radius 3 is 2.96 bits per heavy atom. The van der Waals surface area contributed by atoms with Crippen LogP contribution < -0.4 is 5.32 Å². The SMILES string of the molecule is Cc1ccccc1CNc1cc(-c2cn[nH]c2[C@@H]2CCN(C)C2)ccn1. The van der Waals surface area contributed by atoms with Gasteiger partial charge in [0.25, 0.3) is 0 Å². The van der Waals surface area contributed by atoms with Gasteiger partial charge in [-0.25, -0.2) is 4.98 Å². The second kappa shape index (κ2) is 7.30. The molecule has 0 amide bonds. The highest BCUT2D eigenvalue weighted by Gasteiger charge is 2.25. The summed E-state index contributed by atoms with van der Waals surface area (Å²) in [4.78, 5) is 6.86. The highest BCUT2D eigenvalue weighted by molar-refractivity contribution is 5.68. The Bertz CT molecular complexity index is 885.